The number of fused-ring (bicyclic) bond motifs is 3. The summed E-state index contributed by atoms with van der Waals surface area (Å²) in [4.78, 5) is 28.2. The Bertz CT molecular complexity index is 1070. The van der Waals surface area contributed by atoms with Crippen molar-refractivity contribution in [1.82, 2.24) is 9.55 Å². The van der Waals surface area contributed by atoms with Gasteiger partial charge in [-0.1, -0.05) is 0 Å². The smallest absolute Gasteiger partial charge is 0.284 e. The van der Waals surface area contributed by atoms with Crippen molar-refractivity contribution in [2.24, 2.45) is 5.73 Å². The van der Waals surface area contributed by atoms with E-state index in [1.54, 1.807) is 41.8 Å². The minimum atomic E-state index is -2.75. The van der Waals surface area contributed by atoms with Gasteiger partial charge in [0.25, 0.3) is 12.3 Å². The van der Waals surface area contributed by atoms with Gasteiger partial charge in [-0.2, -0.15) is 0 Å². The Kier molecular flexibility index (Phi) is 5.28. The number of hydrogen-bond donors (Lipinski definition) is 2. The van der Waals surface area contributed by atoms with Gasteiger partial charge in [0.05, 0.1) is 12.1 Å². The predicted octanol–water partition coefficient (Wildman–Crippen LogP) is 1.76. The molecule has 2 aromatic rings. The molecule has 0 radical (unpaired) electrons. The summed E-state index contributed by atoms with van der Waals surface area (Å²) in [6, 6.07) is 3.29. The largest absolute Gasteiger partial charge is 0.491 e. The maximum atomic E-state index is 13.7. The van der Waals surface area contributed by atoms with E-state index in [4.69, 9.17) is 15.2 Å². The second-order valence-electron chi connectivity index (χ2n) is 7.37. The van der Waals surface area contributed by atoms with Crippen molar-refractivity contribution in [3.05, 3.63) is 30.3 Å². The summed E-state index contributed by atoms with van der Waals surface area (Å²) in [6.07, 6.45) is -2.06. The zero-order chi connectivity index (χ0) is 22.3. The lowest BCUT2D eigenvalue weighted by Crippen LogP contribution is -2.40. The van der Waals surface area contributed by atoms with Crippen molar-refractivity contribution in [3.63, 3.8) is 0 Å². The number of imidazole rings is 1. The Morgan fingerprint density at radius 1 is 1.42 bits per heavy atom. The first-order chi connectivity index (χ1) is 14.8. The number of nitrogens with one attached hydrogen (secondary N) is 1. The highest BCUT2D eigenvalue weighted by Gasteiger charge is 2.45. The molecule has 1 saturated heterocycles. The third kappa shape index (κ3) is 3.68. The molecule has 9 nitrogen and oxygen atoms in total. The number of ether oxygens (including phenoxy) is 2. The van der Waals surface area contributed by atoms with Gasteiger partial charge < -0.3 is 25.1 Å². The van der Waals surface area contributed by atoms with Crippen LogP contribution in [0.4, 0.5) is 20.3 Å². The molecule has 1 amide bonds. The number of carbonyl (C=O) groups excluding carboxylic acids is 2. The molecule has 0 unspecified atom stereocenters. The van der Waals surface area contributed by atoms with Crippen LogP contribution in [0.5, 0.6) is 5.75 Å². The lowest BCUT2D eigenvalue weighted by Gasteiger charge is -2.21. The summed E-state index contributed by atoms with van der Waals surface area (Å²) in [6.45, 7) is 3.85. The summed E-state index contributed by atoms with van der Waals surface area (Å²) in [7, 11) is 0. The topological polar surface area (TPSA) is 112 Å². The molecule has 31 heavy (non-hydrogen) atoms. The fraction of sp³-hybridized carbons (Fsp3) is 0.400. The highest BCUT2D eigenvalue weighted by atomic mass is 19.3. The second-order valence-corrected chi connectivity index (χ2v) is 7.37. The Labute approximate surface area is 176 Å². The number of nitrogens with zero attached hydrogens (tertiary/aromatic N) is 3. The lowest BCUT2D eigenvalue weighted by molar-refractivity contribution is -0.118. The summed E-state index contributed by atoms with van der Waals surface area (Å²) in [5.41, 5.74) is 6.57. The predicted molar refractivity (Wildman–Crippen MR) is 107 cm³/mol. The molecule has 11 heteroatoms. The number of benzene rings is 1. The first kappa shape index (κ1) is 20.7. The number of amides is 1. The zero-order valence-electron chi connectivity index (χ0n) is 16.8. The van der Waals surface area contributed by atoms with Crippen molar-refractivity contribution in [2.45, 2.75) is 45.0 Å². The Morgan fingerprint density at radius 3 is 2.87 bits per heavy atom. The maximum absolute atomic E-state index is 13.7. The lowest BCUT2D eigenvalue weighted by atomic mass is 10.1. The fourth-order valence-corrected chi connectivity index (χ4v) is 3.69. The first-order valence-corrected chi connectivity index (χ1v) is 9.69. The SMILES string of the molecule is C[C@@H](Nc1ccc2c(c1)OCCn1cc(N3C(=C=O)O[C@H](C)[C@H]3C(F)F)nc1-2)C(N)=O. The first-order valence-electron chi connectivity index (χ1n) is 9.69. The van der Waals surface area contributed by atoms with Crippen molar-refractivity contribution in [1.29, 1.82) is 0 Å². The molecular formula is C20H21F2N5O4. The van der Waals surface area contributed by atoms with Crippen LogP contribution in [-0.4, -0.2) is 52.6 Å². The van der Waals surface area contributed by atoms with Crippen molar-refractivity contribution in [3.8, 4) is 17.1 Å². The molecule has 2 aliphatic rings. The van der Waals surface area contributed by atoms with Gasteiger partial charge >= 0.3 is 0 Å². The Hall–Kier alpha value is -3.59. The minimum Gasteiger partial charge on any atom is -0.491 e. The molecule has 2 aliphatic heterocycles. The van der Waals surface area contributed by atoms with E-state index >= 15 is 0 Å². The van der Waals surface area contributed by atoms with Crippen molar-refractivity contribution < 1.29 is 27.8 Å². The van der Waals surface area contributed by atoms with Crippen LogP contribution in [0.2, 0.25) is 0 Å². The monoisotopic (exact) mass is 433 g/mol. The number of hydrogen-bond acceptors (Lipinski definition) is 7. The van der Waals surface area contributed by atoms with E-state index in [-0.39, 0.29) is 11.7 Å². The Morgan fingerprint density at radius 2 is 2.19 bits per heavy atom. The quantitative estimate of drug-likeness (QED) is 0.691. The average molecular weight is 433 g/mol. The van der Waals surface area contributed by atoms with E-state index in [0.717, 1.165) is 4.90 Å². The van der Waals surface area contributed by atoms with Gasteiger partial charge in [0.15, 0.2) is 11.8 Å². The number of primary amides is 1. The van der Waals surface area contributed by atoms with Gasteiger partial charge in [-0.05, 0) is 26.0 Å². The Balaban J connectivity index is 1.72. The van der Waals surface area contributed by atoms with Gasteiger partial charge in [-0.15, -0.1) is 0 Å². The van der Waals surface area contributed by atoms with E-state index in [2.05, 4.69) is 10.3 Å². The molecule has 1 fully saturated rings. The van der Waals surface area contributed by atoms with Crippen molar-refractivity contribution in [2.75, 3.05) is 16.8 Å². The van der Waals surface area contributed by atoms with E-state index < -0.39 is 30.5 Å². The number of aromatic nitrogens is 2. The molecule has 0 spiro atoms. The van der Waals surface area contributed by atoms with Gasteiger partial charge in [0, 0.05) is 18.0 Å². The molecule has 3 heterocycles. The number of alkyl halides is 2. The average Bonchev–Trinajstić information content (AvgIpc) is 3.24. The van der Waals surface area contributed by atoms with E-state index in [1.165, 1.54) is 6.92 Å². The van der Waals surface area contributed by atoms with Crippen molar-refractivity contribution >= 4 is 23.4 Å². The van der Waals surface area contributed by atoms with Gasteiger partial charge in [0.2, 0.25) is 5.91 Å². The molecule has 3 N–H and O–H groups in total. The molecule has 164 valence electrons. The third-order valence-corrected chi connectivity index (χ3v) is 5.27. The number of halogens is 2. The number of nitrogens with two attached hydrogens (primary N) is 1. The molecular weight excluding hydrogens is 412 g/mol. The van der Waals surface area contributed by atoms with Crippen LogP contribution in [0.1, 0.15) is 13.8 Å². The number of rotatable bonds is 5. The van der Waals surface area contributed by atoms with Crippen LogP contribution in [0.3, 0.4) is 0 Å². The van der Waals surface area contributed by atoms with Gasteiger partial charge in [-0.3, -0.25) is 9.69 Å². The maximum Gasteiger partial charge on any atom is 0.284 e. The third-order valence-electron chi connectivity index (χ3n) is 5.27. The zero-order valence-corrected chi connectivity index (χ0v) is 16.8. The molecule has 3 atom stereocenters. The number of carbonyl (C=O) groups is 1. The van der Waals surface area contributed by atoms with Crippen LogP contribution in [0, 0.1) is 0 Å². The molecule has 1 aromatic heterocycles. The molecule has 0 saturated carbocycles. The van der Waals surface area contributed by atoms with Crippen LogP contribution in [0.15, 0.2) is 30.3 Å². The standard InChI is InChI=1S/C20H21F2N5O4/c1-10(19(23)29)24-12-3-4-13-14(7-12)30-6-5-26-8-15(25-20(13)26)27-16(9-28)31-11(2)17(27)18(21)22/h3-4,7-8,10-11,17-18,24H,5-6H2,1-2H3,(H2,23,29)/t10-,11-,17+/m1/s1. The van der Waals surface area contributed by atoms with Crippen LogP contribution in [-0.2, 0) is 20.9 Å². The summed E-state index contributed by atoms with van der Waals surface area (Å²) in [5.74, 6) is 1.96. The van der Waals surface area contributed by atoms with Crippen LogP contribution < -0.4 is 20.7 Å². The van der Waals surface area contributed by atoms with E-state index in [0.29, 0.717) is 36.0 Å². The van der Waals surface area contributed by atoms with Gasteiger partial charge in [-0.25, -0.2) is 18.6 Å². The highest BCUT2D eigenvalue weighted by Crippen LogP contribution is 2.39. The second kappa shape index (κ2) is 7.92. The molecule has 1 aromatic carbocycles. The normalized spacial score (nSPS) is 20.8. The highest BCUT2D eigenvalue weighted by molar-refractivity contribution is 5.83. The summed E-state index contributed by atoms with van der Waals surface area (Å²) >= 11 is 0. The molecule has 4 rings (SSSR count). The van der Waals surface area contributed by atoms with E-state index in [1.807, 2.05) is 0 Å². The summed E-state index contributed by atoms with van der Waals surface area (Å²) < 4.78 is 40.2. The van der Waals surface area contributed by atoms with E-state index in [9.17, 15) is 18.4 Å². The molecule has 0 bridgehead atoms. The minimum absolute atomic E-state index is 0.167. The van der Waals surface area contributed by atoms with Crippen LogP contribution in [0.25, 0.3) is 11.4 Å². The molecule has 0 aliphatic carbocycles. The summed E-state index contributed by atoms with van der Waals surface area (Å²) in [5, 5.41) is 2.99. The fourth-order valence-electron chi connectivity index (χ4n) is 3.69. The van der Waals surface area contributed by atoms with Gasteiger partial charge in [0.1, 0.15) is 36.4 Å². The van der Waals surface area contributed by atoms with Crippen LogP contribution >= 0.6 is 0 Å². The number of anilines is 2.